The molecule has 0 spiro atoms. The van der Waals surface area contributed by atoms with Crippen molar-refractivity contribution in [2.75, 3.05) is 10.2 Å². The number of nitrogens with zero attached hydrogens (tertiary/aromatic N) is 1. The number of hydrogen-bond acceptors (Lipinski definition) is 4. The molecule has 1 atom stereocenters. The van der Waals surface area contributed by atoms with Crippen molar-refractivity contribution in [3.8, 4) is 11.1 Å². The van der Waals surface area contributed by atoms with E-state index in [9.17, 15) is 0 Å². The summed E-state index contributed by atoms with van der Waals surface area (Å²) < 4.78 is 2.61. The molecule has 1 aliphatic rings. The zero-order valence-electron chi connectivity index (χ0n) is 22.2. The van der Waals surface area contributed by atoms with Crippen LogP contribution < -0.4 is 10.2 Å². The minimum atomic E-state index is 0.258. The monoisotopic (exact) mass is 562 g/mol. The number of thiophene rings is 1. The Morgan fingerprint density at radius 2 is 1.12 bits per heavy atom. The molecule has 2 heterocycles. The van der Waals surface area contributed by atoms with Gasteiger partial charge in [-0.15, -0.1) is 11.3 Å². The SMILES string of the molecule is c1ccc(-c2ccc(N(c3ccccc3)c3ccc4c(c3)sc3cc5c(cc34)SC(c3ccccc3)N5)cc2)cc1. The average Bonchev–Trinajstić information content (AvgIpc) is 3.62. The lowest BCUT2D eigenvalue weighted by atomic mass is 10.0. The van der Waals surface area contributed by atoms with Gasteiger partial charge in [0.2, 0.25) is 0 Å². The molecule has 1 N–H and O–H groups in total. The number of benzene rings is 6. The topological polar surface area (TPSA) is 15.3 Å². The Morgan fingerprint density at radius 1 is 0.512 bits per heavy atom. The number of fused-ring (bicyclic) bond motifs is 4. The van der Waals surface area contributed by atoms with Crippen molar-refractivity contribution in [3.63, 3.8) is 0 Å². The number of nitrogens with one attached hydrogen (secondary N) is 1. The summed E-state index contributed by atoms with van der Waals surface area (Å²) in [6.07, 6.45) is 0. The third kappa shape index (κ3) is 4.46. The first kappa shape index (κ1) is 24.3. The molecule has 7 aromatic rings. The highest BCUT2D eigenvalue weighted by Gasteiger charge is 2.24. The largest absolute Gasteiger partial charge is 0.368 e. The second-order valence-corrected chi connectivity index (χ2v) is 12.5. The van der Waals surface area contributed by atoms with Gasteiger partial charge in [-0.05, 0) is 65.2 Å². The van der Waals surface area contributed by atoms with Gasteiger partial charge in [0.05, 0.1) is 5.69 Å². The van der Waals surface area contributed by atoms with E-state index in [0.717, 1.165) is 17.1 Å². The van der Waals surface area contributed by atoms with E-state index < -0.39 is 0 Å². The van der Waals surface area contributed by atoms with E-state index in [1.807, 2.05) is 23.1 Å². The van der Waals surface area contributed by atoms with Gasteiger partial charge in [0.1, 0.15) is 5.37 Å². The highest BCUT2D eigenvalue weighted by molar-refractivity contribution is 8.00. The molecule has 196 valence electrons. The highest BCUT2D eigenvalue weighted by atomic mass is 32.2. The molecule has 1 aliphatic heterocycles. The van der Waals surface area contributed by atoms with Crippen LogP contribution in [-0.2, 0) is 0 Å². The summed E-state index contributed by atoms with van der Waals surface area (Å²) in [5.74, 6) is 0. The molecule has 1 unspecified atom stereocenters. The number of para-hydroxylation sites is 1. The van der Waals surface area contributed by atoms with Crippen LogP contribution in [0.2, 0.25) is 0 Å². The minimum absolute atomic E-state index is 0.258. The van der Waals surface area contributed by atoms with Crippen molar-refractivity contribution < 1.29 is 0 Å². The van der Waals surface area contributed by atoms with Gasteiger partial charge in [0.25, 0.3) is 0 Å². The molecule has 0 aliphatic carbocycles. The maximum atomic E-state index is 3.74. The van der Waals surface area contributed by atoms with Crippen molar-refractivity contribution in [3.05, 3.63) is 151 Å². The van der Waals surface area contributed by atoms with Crippen LogP contribution in [0.4, 0.5) is 22.7 Å². The fraction of sp³-hybridized carbons (Fsp3) is 0.0270. The molecule has 4 heteroatoms. The van der Waals surface area contributed by atoms with Gasteiger partial charge in [0.15, 0.2) is 0 Å². The molecule has 6 aromatic carbocycles. The summed E-state index contributed by atoms with van der Waals surface area (Å²) in [4.78, 5) is 3.67. The predicted molar refractivity (Wildman–Crippen MR) is 178 cm³/mol. The first-order valence-corrected chi connectivity index (χ1v) is 15.5. The zero-order valence-corrected chi connectivity index (χ0v) is 23.8. The van der Waals surface area contributed by atoms with Gasteiger partial charge in [-0.1, -0.05) is 109 Å². The standard InChI is InChI=1S/C37H26N2S2/c1-4-10-25(11-5-1)26-16-18-29(19-17-26)39(28-14-8-3-9-15-28)30-20-21-31-32-23-36-33(24-35(32)40-34(31)22-30)38-37(41-36)27-12-6-2-7-13-27/h1-24,37-38H. The lowest BCUT2D eigenvalue weighted by Crippen LogP contribution is -2.09. The van der Waals surface area contributed by atoms with E-state index in [4.69, 9.17) is 0 Å². The maximum absolute atomic E-state index is 3.74. The number of rotatable bonds is 5. The van der Waals surface area contributed by atoms with Gasteiger partial charge < -0.3 is 10.2 Å². The van der Waals surface area contributed by atoms with Crippen molar-refractivity contribution in [2.45, 2.75) is 10.3 Å². The Hall–Kier alpha value is -4.51. The normalized spacial score (nSPS) is 14.2. The van der Waals surface area contributed by atoms with E-state index in [1.54, 1.807) is 0 Å². The van der Waals surface area contributed by atoms with Gasteiger partial charge in [-0.3, -0.25) is 0 Å². The lowest BCUT2D eigenvalue weighted by molar-refractivity contribution is 1.14. The smallest absolute Gasteiger partial charge is 0.103 e. The van der Waals surface area contributed by atoms with Crippen molar-refractivity contribution in [2.24, 2.45) is 0 Å². The number of anilines is 4. The van der Waals surface area contributed by atoms with Crippen LogP contribution in [-0.4, -0.2) is 0 Å². The van der Waals surface area contributed by atoms with Crippen LogP contribution >= 0.6 is 23.1 Å². The van der Waals surface area contributed by atoms with Crippen molar-refractivity contribution >= 4 is 66.0 Å². The minimum Gasteiger partial charge on any atom is -0.368 e. The summed E-state index contributed by atoms with van der Waals surface area (Å²) >= 11 is 3.77. The Bertz CT molecular complexity index is 1980. The first-order chi connectivity index (χ1) is 20.3. The molecule has 0 fully saturated rings. The first-order valence-electron chi connectivity index (χ1n) is 13.8. The van der Waals surface area contributed by atoms with Gasteiger partial charge >= 0.3 is 0 Å². The Labute approximate surface area is 247 Å². The highest BCUT2D eigenvalue weighted by Crippen LogP contribution is 2.50. The summed E-state index contributed by atoms with van der Waals surface area (Å²) in [5, 5.41) is 6.64. The van der Waals surface area contributed by atoms with E-state index in [-0.39, 0.29) is 5.37 Å². The predicted octanol–water partition coefficient (Wildman–Crippen LogP) is 11.4. The second kappa shape index (κ2) is 10.2. The molecule has 1 aromatic heterocycles. The lowest BCUT2D eigenvalue weighted by Gasteiger charge is -2.25. The van der Waals surface area contributed by atoms with Crippen LogP contribution in [0, 0.1) is 0 Å². The van der Waals surface area contributed by atoms with Gasteiger partial charge in [-0.25, -0.2) is 0 Å². The number of thioether (sulfide) groups is 1. The summed E-state index contributed by atoms with van der Waals surface area (Å²) in [6, 6.07) is 52.4. The van der Waals surface area contributed by atoms with E-state index in [0.29, 0.717) is 0 Å². The fourth-order valence-corrected chi connectivity index (χ4v) is 8.00. The zero-order chi connectivity index (χ0) is 27.2. The molecular formula is C37H26N2S2. The van der Waals surface area contributed by atoms with E-state index >= 15 is 0 Å². The van der Waals surface area contributed by atoms with Crippen LogP contribution in [0.5, 0.6) is 0 Å². The Kier molecular flexibility index (Phi) is 6.02. The second-order valence-electron chi connectivity index (χ2n) is 10.3. The quantitative estimate of drug-likeness (QED) is 0.225. The molecule has 41 heavy (non-hydrogen) atoms. The molecule has 0 bridgehead atoms. The fourth-order valence-electron chi connectivity index (χ4n) is 5.68. The van der Waals surface area contributed by atoms with Crippen LogP contribution in [0.15, 0.2) is 150 Å². The van der Waals surface area contributed by atoms with Crippen LogP contribution in [0.25, 0.3) is 31.3 Å². The molecule has 0 radical (unpaired) electrons. The molecular weight excluding hydrogens is 537 g/mol. The van der Waals surface area contributed by atoms with Crippen molar-refractivity contribution in [1.29, 1.82) is 0 Å². The third-order valence-corrected chi connectivity index (χ3v) is 10.0. The molecule has 0 saturated carbocycles. The Morgan fingerprint density at radius 3 is 1.88 bits per heavy atom. The number of hydrogen-bond donors (Lipinski definition) is 1. The molecule has 2 nitrogen and oxygen atoms in total. The summed E-state index contributed by atoms with van der Waals surface area (Å²) in [5.41, 5.74) is 8.43. The van der Waals surface area contributed by atoms with Gasteiger partial charge in [-0.2, -0.15) is 0 Å². The third-order valence-electron chi connectivity index (χ3n) is 7.70. The van der Waals surface area contributed by atoms with E-state index in [1.165, 1.54) is 47.4 Å². The van der Waals surface area contributed by atoms with Crippen LogP contribution in [0.3, 0.4) is 0 Å². The van der Waals surface area contributed by atoms with Crippen LogP contribution in [0.1, 0.15) is 10.9 Å². The molecule has 0 saturated heterocycles. The summed E-state index contributed by atoms with van der Waals surface area (Å²) in [6.45, 7) is 0. The Balaban J connectivity index is 1.18. The average molecular weight is 563 g/mol. The van der Waals surface area contributed by atoms with Gasteiger partial charge in [0, 0.05) is 42.1 Å². The maximum Gasteiger partial charge on any atom is 0.103 e. The van der Waals surface area contributed by atoms with E-state index in [2.05, 4.69) is 156 Å². The molecule has 0 amide bonds. The van der Waals surface area contributed by atoms with Crippen molar-refractivity contribution in [1.82, 2.24) is 0 Å². The summed E-state index contributed by atoms with van der Waals surface area (Å²) in [7, 11) is 0. The molecule has 8 rings (SSSR count).